The second-order valence-electron chi connectivity index (χ2n) is 4.52. The molecule has 1 unspecified atom stereocenters. The Hall–Kier alpha value is -1.10. The van der Waals surface area contributed by atoms with Crippen LogP contribution in [-0.2, 0) is 14.3 Å². The van der Waals surface area contributed by atoms with E-state index in [9.17, 15) is 9.59 Å². The first-order valence-corrected chi connectivity index (χ1v) is 5.51. The van der Waals surface area contributed by atoms with Crippen molar-refractivity contribution < 1.29 is 19.4 Å². The zero-order chi connectivity index (χ0) is 12.2. The molecule has 0 aromatic carbocycles. The van der Waals surface area contributed by atoms with Gasteiger partial charge in [-0.15, -0.1) is 0 Å². The van der Waals surface area contributed by atoms with E-state index in [0.29, 0.717) is 6.54 Å². The Morgan fingerprint density at radius 1 is 1.50 bits per heavy atom. The van der Waals surface area contributed by atoms with E-state index >= 15 is 0 Å². The van der Waals surface area contributed by atoms with E-state index in [1.54, 1.807) is 6.92 Å². The topological polar surface area (TPSA) is 75.6 Å². The summed E-state index contributed by atoms with van der Waals surface area (Å²) < 4.78 is 4.88. The minimum Gasteiger partial charge on any atom is -0.481 e. The maximum atomic E-state index is 11.5. The third kappa shape index (κ3) is 3.20. The molecule has 0 saturated heterocycles. The molecular formula is C11H19NO4. The van der Waals surface area contributed by atoms with Gasteiger partial charge in [-0.05, 0) is 25.2 Å². The molecule has 0 heterocycles. The maximum absolute atomic E-state index is 11.5. The molecule has 0 bridgehead atoms. The molecule has 1 aliphatic rings. The summed E-state index contributed by atoms with van der Waals surface area (Å²) >= 11 is 0. The Balaban J connectivity index is 2.40. The summed E-state index contributed by atoms with van der Waals surface area (Å²) in [5.41, 5.74) is -0.227. The van der Waals surface area contributed by atoms with Gasteiger partial charge < -0.3 is 15.2 Å². The zero-order valence-electron chi connectivity index (χ0n) is 9.78. The van der Waals surface area contributed by atoms with E-state index in [2.05, 4.69) is 5.32 Å². The van der Waals surface area contributed by atoms with Crippen LogP contribution in [0.1, 0.15) is 32.6 Å². The molecule has 0 aliphatic heterocycles. The lowest BCUT2D eigenvalue weighted by Gasteiger charge is -2.41. The highest BCUT2D eigenvalue weighted by molar-refractivity contribution is 5.80. The third-order valence-corrected chi connectivity index (χ3v) is 3.30. The summed E-state index contributed by atoms with van der Waals surface area (Å²) in [6.45, 7) is 2.10. The van der Waals surface area contributed by atoms with Gasteiger partial charge in [0.15, 0.2) is 0 Å². The molecule has 1 aliphatic carbocycles. The molecule has 16 heavy (non-hydrogen) atoms. The fourth-order valence-electron chi connectivity index (χ4n) is 1.94. The standard InChI is InChI=1S/C11H19NO4/c1-8(16-2)10(15)12-7-11(4-3-5-11)6-9(13)14/h8H,3-7H2,1-2H3,(H,12,15)(H,13,14). The van der Waals surface area contributed by atoms with Crippen molar-refractivity contribution in [2.24, 2.45) is 5.41 Å². The fraction of sp³-hybridized carbons (Fsp3) is 0.818. The minimum absolute atomic E-state index is 0.134. The quantitative estimate of drug-likeness (QED) is 0.705. The summed E-state index contributed by atoms with van der Waals surface area (Å²) in [6, 6.07) is 0. The summed E-state index contributed by atoms with van der Waals surface area (Å²) in [5, 5.41) is 11.6. The molecule has 0 radical (unpaired) electrons. The van der Waals surface area contributed by atoms with E-state index in [1.807, 2.05) is 0 Å². The molecule has 92 valence electrons. The van der Waals surface area contributed by atoms with Crippen molar-refractivity contribution in [3.05, 3.63) is 0 Å². The molecular weight excluding hydrogens is 210 g/mol. The summed E-state index contributed by atoms with van der Waals surface area (Å²) in [6.07, 6.45) is 2.45. The van der Waals surface area contributed by atoms with Crippen LogP contribution < -0.4 is 5.32 Å². The molecule has 1 atom stereocenters. The summed E-state index contributed by atoms with van der Waals surface area (Å²) in [4.78, 5) is 22.2. The van der Waals surface area contributed by atoms with Crippen LogP contribution >= 0.6 is 0 Å². The number of aliphatic carboxylic acids is 1. The van der Waals surface area contributed by atoms with Gasteiger partial charge in [-0.3, -0.25) is 9.59 Å². The monoisotopic (exact) mass is 229 g/mol. The van der Waals surface area contributed by atoms with Crippen LogP contribution in [-0.4, -0.2) is 36.7 Å². The first-order valence-electron chi connectivity index (χ1n) is 5.51. The molecule has 0 aromatic heterocycles. The lowest BCUT2D eigenvalue weighted by Crippen LogP contribution is -2.46. The highest BCUT2D eigenvalue weighted by atomic mass is 16.5. The minimum atomic E-state index is -0.797. The van der Waals surface area contributed by atoms with Crippen molar-refractivity contribution in [1.82, 2.24) is 5.32 Å². The number of carbonyl (C=O) groups is 2. The third-order valence-electron chi connectivity index (χ3n) is 3.30. The first-order chi connectivity index (χ1) is 7.49. The maximum Gasteiger partial charge on any atom is 0.303 e. The van der Waals surface area contributed by atoms with Crippen molar-refractivity contribution in [1.29, 1.82) is 0 Å². The van der Waals surface area contributed by atoms with Gasteiger partial charge in [-0.25, -0.2) is 0 Å². The Kier molecular flexibility index (Phi) is 4.29. The van der Waals surface area contributed by atoms with Crippen LogP contribution in [0.5, 0.6) is 0 Å². The number of methoxy groups -OCH3 is 1. The molecule has 5 nitrogen and oxygen atoms in total. The number of amides is 1. The molecule has 1 fully saturated rings. The Morgan fingerprint density at radius 2 is 2.12 bits per heavy atom. The van der Waals surface area contributed by atoms with Gasteiger partial charge in [0.25, 0.3) is 0 Å². The van der Waals surface area contributed by atoms with Crippen molar-refractivity contribution in [2.75, 3.05) is 13.7 Å². The Bertz CT molecular complexity index is 273. The van der Waals surface area contributed by atoms with Crippen LogP contribution in [0.15, 0.2) is 0 Å². The second-order valence-corrected chi connectivity index (χ2v) is 4.52. The van der Waals surface area contributed by atoms with Gasteiger partial charge in [0, 0.05) is 13.7 Å². The fourth-order valence-corrected chi connectivity index (χ4v) is 1.94. The van der Waals surface area contributed by atoms with E-state index in [-0.39, 0.29) is 17.7 Å². The van der Waals surface area contributed by atoms with Gasteiger partial charge >= 0.3 is 5.97 Å². The molecule has 1 rings (SSSR count). The predicted octanol–water partition coefficient (Wildman–Crippen LogP) is 0.782. The van der Waals surface area contributed by atoms with Crippen LogP contribution in [0.3, 0.4) is 0 Å². The van der Waals surface area contributed by atoms with Crippen LogP contribution in [0.2, 0.25) is 0 Å². The van der Waals surface area contributed by atoms with Crippen LogP contribution in [0.4, 0.5) is 0 Å². The van der Waals surface area contributed by atoms with Gasteiger partial charge in [0.05, 0.1) is 6.42 Å². The van der Waals surface area contributed by atoms with E-state index < -0.39 is 12.1 Å². The average Bonchev–Trinajstić information content (AvgIpc) is 2.19. The number of carboxylic acid groups (broad SMARTS) is 1. The first kappa shape index (κ1) is 13.0. The number of hydrogen-bond donors (Lipinski definition) is 2. The summed E-state index contributed by atoms with van der Waals surface area (Å²) in [7, 11) is 1.47. The van der Waals surface area contributed by atoms with E-state index in [0.717, 1.165) is 19.3 Å². The molecule has 0 aromatic rings. The van der Waals surface area contributed by atoms with Gasteiger partial charge in [0.2, 0.25) is 5.91 Å². The van der Waals surface area contributed by atoms with Gasteiger partial charge in [-0.2, -0.15) is 0 Å². The molecule has 1 saturated carbocycles. The smallest absolute Gasteiger partial charge is 0.303 e. The van der Waals surface area contributed by atoms with Crippen LogP contribution in [0, 0.1) is 5.41 Å². The van der Waals surface area contributed by atoms with Crippen molar-refractivity contribution in [3.63, 3.8) is 0 Å². The largest absolute Gasteiger partial charge is 0.481 e. The van der Waals surface area contributed by atoms with Crippen LogP contribution in [0.25, 0.3) is 0 Å². The van der Waals surface area contributed by atoms with Gasteiger partial charge in [-0.1, -0.05) is 6.42 Å². The number of nitrogens with one attached hydrogen (secondary N) is 1. The highest BCUT2D eigenvalue weighted by Crippen LogP contribution is 2.43. The number of carbonyl (C=O) groups excluding carboxylic acids is 1. The highest BCUT2D eigenvalue weighted by Gasteiger charge is 2.39. The lowest BCUT2D eigenvalue weighted by atomic mass is 9.66. The van der Waals surface area contributed by atoms with Crippen molar-refractivity contribution >= 4 is 11.9 Å². The lowest BCUT2D eigenvalue weighted by molar-refractivity contribution is -0.142. The van der Waals surface area contributed by atoms with Gasteiger partial charge in [0.1, 0.15) is 6.10 Å². The Labute approximate surface area is 95.2 Å². The predicted molar refractivity (Wildman–Crippen MR) is 58.0 cm³/mol. The number of ether oxygens (including phenoxy) is 1. The zero-order valence-corrected chi connectivity index (χ0v) is 9.78. The van der Waals surface area contributed by atoms with E-state index in [4.69, 9.17) is 9.84 Å². The molecule has 2 N–H and O–H groups in total. The van der Waals surface area contributed by atoms with Crippen molar-refractivity contribution in [2.45, 2.75) is 38.7 Å². The molecule has 0 spiro atoms. The Morgan fingerprint density at radius 3 is 2.50 bits per heavy atom. The SMILES string of the molecule is COC(C)C(=O)NCC1(CC(=O)O)CCC1. The number of carboxylic acids is 1. The summed E-state index contributed by atoms with van der Waals surface area (Å²) in [5.74, 6) is -0.979. The average molecular weight is 229 g/mol. The second kappa shape index (κ2) is 5.30. The van der Waals surface area contributed by atoms with E-state index in [1.165, 1.54) is 7.11 Å². The molecule has 1 amide bonds. The normalized spacial score (nSPS) is 19.6. The number of rotatable bonds is 6. The van der Waals surface area contributed by atoms with Crippen molar-refractivity contribution in [3.8, 4) is 0 Å². The number of hydrogen-bond acceptors (Lipinski definition) is 3. The molecule has 5 heteroatoms.